The summed E-state index contributed by atoms with van der Waals surface area (Å²) in [4.78, 5) is 45.9. The second-order valence-corrected chi connectivity index (χ2v) is 8.49. The van der Waals surface area contributed by atoms with Crippen molar-refractivity contribution in [1.29, 1.82) is 0 Å². The molecule has 0 aliphatic heterocycles. The van der Waals surface area contributed by atoms with Crippen molar-refractivity contribution >= 4 is 44.7 Å². The van der Waals surface area contributed by atoms with Gasteiger partial charge >= 0.3 is 165 Å². The van der Waals surface area contributed by atoms with Gasteiger partial charge in [0.2, 0.25) is 0 Å². The Kier molecular flexibility index (Phi) is 9.54. The van der Waals surface area contributed by atoms with Crippen LogP contribution in [0.25, 0.3) is 0 Å². The first-order chi connectivity index (χ1) is 12.8. The summed E-state index contributed by atoms with van der Waals surface area (Å²) in [6.07, 6.45) is -0.552. The van der Waals surface area contributed by atoms with Crippen molar-refractivity contribution in [2.24, 2.45) is 0 Å². The number of carbonyl (C=O) groups excluding carboxylic acids is 4. The van der Waals surface area contributed by atoms with E-state index in [1.54, 1.807) is 31.2 Å². The van der Waals surface area contributed by atoms with Gasteiger partial charge in [0, 0.05) is 0 Å². The zero-order valence-electron chi connectivity index (χ0n) is 15.4. The summed E-state index contributed by atoms with van der Waals surface area (Å²) in [5, 5.41) is 2.44. The Morgan fingerprint density at radius 3 is 2.04 bits per heavy atom. The number of halogens is 1. The molecule has 1 N–H and O–H groups in total. The van der Waals surface area contributed by atoms with Crippen molar-refractivity contribution in [3.8, 4) is 0 Å². The van der Waals surface area contributed by atoms with Crippen LogP contribution in [0.3, 0.4) is 0 Å². The van der Waals surface area contributed by atoms with E-state index in [9.17, 15) is 19.2 Å². The van der Waals surface area contributed by atoms with Crippen molar-refractivity contribution in [3.63, 3.8) is 0 Å². The molecule has 0 fully saturated rings. The summed E-state index contributed by atoms with van der Waals surface area (Å²) >= 11 is -2.90. The van der Waals surface area contributed by atoms with Crippen LogP contribution in [0.1, 0.15) is 26.3 Å². The molecule has 1 aromatic carbocycles. The van der Waals surface area contributed by atoms with Crippen molar-refractivity contribution in [3.05, 3.63) is 33.4 Å². The molecule has 0 bridgehead atoms. The Balaban J connectivity index is 2.90. The molecule has 0 saturated heterocycles. The monoisotopic (exact) mass is 495 g/mol. The zero-order chi connectivity index (χ0) is 20.4. The van der Waals surface area contributed by atoms with E-state index in [0.717, 1.165) is 0 Å². The Labute approximate surface area is 165 Å². The Morgan fingerprint density at radius 1 is 1.04 bits per heavy atom. The van der Waals surface area contributed by atoms with Crippen LogP contribution < -0.4 is 5.32 Å². The molecular formula is C17H22INO8. The first kappa shape index (κ1) is 22.7. The summed E-state index contributed by atoms with van der Waals surface area (Å²) in [5.74, 6) is -1.68. The van der Waals surface area contributed by atoms with Gasteiger partial charge in [-0.2, -0.15) is 0 Å². The molecule has 9 nitrogen and oxygen atoms in total. The average Bonchev–Trinajstić information content (AvgIpc) is 2.60. The van der Waals surface area contributed by atoms with E-state index < -0.39 is 50.7 Å². The quantitative estimate of drug-likeness (QED) is 0.431. The van der Waals surface area contributed by atoms with E-state index in [4.69, 9.17) is 15.6 Å². The summed E-state index contributed by atoms with van der Waals surface area (Å²) in [6, 6.07) is 5.78. The molecule has 1 amide bonds. The molecule has 0 aliphatic carbocycles. The summed E-state index contributed by atoms with van der Waals surface area (Å²) in [6.45, 7) is 4.31. The molecule has 0 saturated carbocycles. The van der Waals surface area contributed by atoms with Gasteiger partial charge in [-0.05, 0) is 0 Å². The summed E-state index contributed by atoms with van der Waals surface area (Å²) in [5.41, 5.74) is 0.715. The number of amides is 1. The Bertz CT molecular complexity index is 660. The average molecular weight is 495 g/mol. The number of carbonyl (C=O) groups is 4. The van der Waals surface area contributed by atoms with E-state index in [2.05, 4.69) is 5.32 Å². The van der Waals surface area contributed by atoms with E-state index in [-0.39, 0.29) is 13.0 Å². The second-order valence-electron chi connectivity index (χ2n) is 5.13. The minimum atomic E-state index is -2.90. The van der Waals surface area contributed by atoms with Crippen LogP contribution in [0.15, 0.2) is 24.3 Å². The fourth-order valence-corrected chi connectivity index (χ4v) is 4.58. The van der Waals surface area contributed by atoms with Crippen molar-refractivity contribution in [1.82, 2.24) is 5.32 Å². The number of hydrogen-bond acceptors (Lipinski definition) is 8. The molecule has 0 aromatic heterocycles. The Morgan fingerprint density at radius 2 is 1.59 bits per heavy atom. The number of nitrogens with one attached hydrogen (secondary N) is 1. The predicted octanol–water partition coefficient (Wildman–Crippen LogP) is 2.15. The van der Waals surface area contributed by atoms with E-state index in [0.29, 0.717) is 9.13 Å². The van der Waals surface area contributed by atoms with Crippen molar-refractivity contribution < 1.29 is 34.8 Å². The van der Waals surface area contributed by atoms with Gasteiger partial charge in [-0.3, -0.25) is 0 Å². The van der Waals surface area contributed by atoms with Crippen LogP contribution in [0.5, 0.6) is 0 Å². The van der Waals surface area contributed by atoms with Gasteiger partial charge in [-0.15, -0.1) is 0 Å². The molecule has 0 aliphatic rings. The third kappa shape index (κ3) is 8.24. The van der Waals surface area contributed by atoms with Gasteiger partial charge in [0.1, 0.15) is 0 Å². The minimum absolute atomic E-state index is 0.168. The molecule has 0 spiro atoms. The zero-order valence-corrected chi connectivity index (χ0v) is 17.6. The number of rotatable bonds is 8. The third-order valence-corrected chi connectivity index (χ3v) is 6.72. The fourth-order valence-electron chi connectivity index (χ4n) is 1.91. The molecule has 27 heavy (non-hydrogen) atoms. The topological polar surface area (TPSA) is 117 Å². The maximum absolute atomic E-state index is 11.9. The first-order valence-corrected chi connectivity index (χ1v) is 10.8. The summed E-state index contributed by atoms with van der Waals surface area (Å²) in [7, 11) is 1.22. The molecule has 0 unspecified atom stereocenters. The van der Waals surface area contributed by atoms with Crippen molar-refractivity contribution in [2.45, 2.75) is 33.2 Å². The number of hydrogen-bond donors (Lipinski definition) is 1. The van der Waals surface area contributed by atoms with Crippen LogP contribution in [0.4, 0.5) is 4.79 Å². The van der Waals surface area contributed by atoms with Gasteiger partial charge in [0.15, 0.2) is 0 Å². The molecule has 1 rings (SSSR count). The molecule has 1 atom stereocenters. The van der Waals surface area contributed by atoms with Gasteiger partial charge in [0.25, 0.3) is 0 Å². The van der Waals surface area contributed by atoms with Gasteiger partial charge in [-0.1, -0.05) is 0 Å². The third-order valence-electron chi connectivity index (χ3n) is 2.94. The molecule has 0 heterocycles. The maximum atomic E-state index is 11.9. The van der Waals surface area contributed by atoms with Crippen molar-refractivity contribution in [2.75, 3.05) is 13.7 Å². The van der Waals surface area contributed by atoms with Gasteiger partial charge in [0.05, 0.1) is 0 Å². The van der Waals surface area contributed by atoms with E-state index in [1.165, 1.54) is 21.0 Å². The normalized spacial score (nSPS) is 11.6. The molecule has 10 heteroatoms. The number of alkyl carbamates (subject to hydrolysis) is 1. The fraction of sp³-hybridized carbons (Fsp3) is 0.412. The molecule has 1 aromatic rings. The summed E-state index contributed by atoms with van der Waals surface area (Å²) < 4.78 is 20.3. The van der Waals surface area contributed by atoms with Crippen LogP contribution in [0, 0.1) is 3.57 Å². The number of benzene rings is 1. The molecule has 0 radical (unpaired) electrons. The van der Waals surface area contributed by atoms with Gasteiger partial charge in [-0.25, -0.2) is 0 Å². The second kappa shape index (κ2) is 11.4. The first-order valence-electron chi connectivity index (χ1n) is 7.95. The Hall–Kier alpha value is -2.37. The van der Waals surface area contributed by atoms with Crippen LogP contribution in [0.2, 0.25) is 0 Å². The SMILES string of the molecule is CCOC(=O)N[C@@H](Cc1ccc(I(OC(C)=O)OC(C)=O)cc1)C(=O)OC. The number of ether oxygens (including phenoxy) is 2. The number of methoxy groups -OCH3 is 1. The van der Waals surface area contributed by atoms with Crippen LogP contribution in [-0.4, -0.2) is 43.8 Å². The molecule has 150 valence electrons. The van der Waals surface area contributed by atoms with E-state index >= 15 is 0 Å². The number of esters is 1. The predicted molar refractivity (Wildman–Crippen MR) is 102 cm³/mol. The van der Waals surface area contributed by atoms with Crippen LogP contribution >= 0.6 is 20.6 Å². The van der Waals surface area contributed by atoms with Gasteiger partial charge < -0.3 is 0 Å². The molecular weight excluding hydrogens is 473 g/mol. The van der Waals surface area contributed by atoms with E-state index in [1.807, 2.05) is 0 Å². The standard InChI is InChI=1S/C17H22INO8/c1-5-25-17(23)19-15(16(22)24-4)10-13-6-8-14(9-7-13)18(26-11(2)20)27-12(3)21/h6-9,15H,5,10H2,1-4H3,(H,19,23)/t15-/m0/s1. The van der Waals surface area contributed by atoms with Crippen LogP contribution in [-0.2, 0) is 36.4 Å².